The molecule has 0 amide bonds. The van der Waals surface area contributed by atoms with Crippen molar-refractivity contribution in [2.45, 2.75) is 6.54 Å². The molecule has 1 nitrogen and oxygen atoms in total. The molecule has 0 atom stereocenters. The summed E-state index contributed by atoms with van der Waals surface area (Å²) in [5.41, 5.74) is 2.47. The molecule has 15 heavy (non-hydrogen) atoms. The summed E-state index contributed by atoms with van der Waals surface area (Å²) in [6, 6.07) is 14.6. The smallest absolute Gasteiger partial charge is 0.173 e. The third-order valence-electron chi connectivity index (χ3n) is 2.36. The molecule has 0 saturated carbocycles. The molecule has 0 saturated heterocycles. The van der Waals surface area contributed by atoms with Crippen LogP contribution in [-0.4, -0.2) is 0 Å². The Hall–Kier alpha value is -1.89. The van der Waals surface area contributed by atoms with Crippen LogP contribution in [0.1, 0.15) is 11.1 Å². The van der Waals surface area contributed by atoms with Gasteiger partial charge in [-0.3, -0.25) is 0 Å². The van der Waals surface area contributed by atoms with Crippen LogP contribution in [0.2, 0.25) is 0 Å². The molecule has 0 aliphatic rings. The number of aromatic nitrogens is 1. The van der Waals surface area contributed by atoms with Crippen LogP contribution in [0.4, 0.5) is 0 Å². The SMILES string of the molecule is C=Cc1cc[n+](Cc2ccccc2)cc1. The molecule has 2 aromatic rings. The fourth-order valence-electron chi connectivity index (χ4n) is 1.50. The number of benzene rings is 1. The van der Waals surface area contributed by atoms with E-state index in [2.05, 4.69) is 59.9 Å². The number of nitrogens with zero attached hydrogens (tertiary/aromatic N) is 1. The van der Waals surface area contributed by atoms with E-state index in [9.17, 15) is 0 Å². The highest BCUT2D eigenvalue weighted by molar-refractivity contribution is 5.44. The quantitative estimate of drug-likeness (QED) is 0.664. The monoisotopic (exact) mass is 196 g/mol. The van der Waals surface area contributed by atoms with Gasteiger partial charge in [-0.25, -0.2) is 4.57 Å². The summed E-state index contributed by atoms with van der Waals surface area (Å²) in [4.78, 5) is 0. The molecule has 1 aromatic heterocycles. The number of pyridine rings is 1. The first-order valence-corrected chi connectivity index (χ1v) is 5.04. The second-order valence-corrected chi connectivity index (χ2v) is 3.49. The van der Waals surface area contributed by atoms with Crippen LogP contribution < -0.4 is 4.57 Å². The van der Waals surface area contributed by atoms with Gasteiger partial charge in [0.15, 0.2) is 18.9 Å². The van der Waals surface area contributed by atoms with Crippen molar-refractivity contribution < 1.29 is 4.57 Å². The second-order valence-electron chi connectivity index (χ2n) is 3.49. The van der Waals surface area contributed by atoms with Crippen LogP contribution in [0.5, 0.6) is 0 Å². The van der Waals surface area contributed by atoms with Gasteiger partial charge >= 0.3 is 0 Å². The largest absolute Gasteiger partial charge is 0.201 e. The molecular weight excluding hydrogens is 182 g/mol. The molecule has 0 spiro atoms. The third kappa shape index (κ3) is 2.53. The third-order valence-corrected chi connectivity index (χ3v) is 2.36. The predicted octanol–water partition coefficient (Wildman–Crippen LogP) is 2.67. The van der Waals surface area contributed by atoms with Crippen molar-refractivity contribution in [1.29, 1.82) is 0 Å². The minimum atomic E-state index is 0.915. The summed E-state index contributed by atoms with van der Waals surface area (Å²) in [5.74, 6) is 0. The summed E-state index contributed by atoms with van der Waals surface area (Å²) in [6.07, 6.45) is 6.00. The maximum absolute atomic E-state index is 3.74. The average molecular weight is 196 g/mol. The van der Waals surface area contributed by atoms with Gasteiger partial charge in [0.25, 0.3) is 0 Å². The lowest BCUT2D eigenvalue weighted by Crippen LogP contribution is -2.32. The van der Waals surface area contributed by atoms with E-state index >= 15 is 0 Å². The van der Waals surface area contributed by atoms with Crippen LogP contribution in [0.15, 0.2) is 61.4 Å². The van der Waals surface area contributed by atoms with Gasteiger partial charge in [0, 0.05) is 17.7 Å². The number of hydrogen-bond donors (Lipinski definition) is 0. The second kappa shape index (κ2) is 4.56. The van der Waals surface area contributed by atoms with Gasteiger partial charge in [-0.1, -0.05) is 43.0 Å². The average Bonchev–Trinajstić information content (AvgIpc) is 2.31. The van der Waals surface area contributed by atoms with Crippen molar-refractivity contribution in [3.8, 4) is 0 Å². The fraction of sp³-hybridized carbons (Fsp3) is 0.0714. The van der Waals surface area contributed by atoms with Crippen LogP contribution in [-0.2, 0) is 6.54 Å². The van der Waals surface area contributed by atoms with Crippen LogP contribution >= 0.6 is 0 Å². The lowest BCUT2D eigenvalue weighted by molar-refractivity contribution is -0.688. The lowest BCUT2D eigenvalue weighted by atomic mass is 10.2. The predicted molar refractivity (Wildman–Crippen MR) is 62.3 cm³/mol. The highest BCUT2D eigenvalue weighted by Gasteiger charge is 2.00. The zero-order valence-electron chi connectivity index (χ0n) is 8.63. The summed E-state index contributed by atoms with van der Waals surface area (Å²) in [5, 5.41) is 0. The van der Waals surface area contributed by atoms with E-state index in [-0.39, 0.29) is 0 Å². The van der Waals surface area contributed by atoms with Gasteiger partial charge in [0.05, 0.1) is 0 Å². The van der Waals surface area contributed by atoms with E-state index in [0.29, 0.717) is 0 Å². The highest BCUT2D eigenvalue weighted by Crippen LogP contribution is 1.99. The Bertz CT molecular complexity index is 429. The van der Waals surface area contributed by atoms with Crippen molar-refractivity contribution in [2.24, 2.45) is 0 Å². The minimum absolute atomic E-state index is 0.915. The van der Waals surface area contributed by atoms with E-state index in [1.807, 2.05) is 12.1 Å². The molecule has 0 aliphatic carbocycles. The molecule has 0 fully saturated rings. The minimum Gasteiger partial charge on any atom is -0.201 e. The Morgan fingerprint density at radius 3 is 2.27 bits per heavy atom. The highest BCUT2D eigenvalue weighted by atomic mass is 14.9. The Labute approximate surface area is 90.3 Å². The molecule has 0 N–H and O–H groups in total. The summed E-state index contributed by atoms with van der Waals surface area (Å²) < 4.78 is 2.16. The van der Waals surface area contributed by atoms with Crippen LogP contribution in [0.25, 0.3) is 6.08 Å². The van der Waals surface area contributed by atoms with Gasteiger partial charge in [0.2, 0.25) is 0 Å². The van der Waals surface area contributed by atoms with E-state index in [0.717, 1.165) is 12.1 Å². The molecule has 0 unspecified atom stereocenters. The summed E-state index contributed by atoms with van der Waals surface area (Å²) in [6.45, 7) is 4.65. The maximum Gasteiger partial charge on any atom is 0.173 e. The van der Waals surface area contributed by atoms with Gasteiger partial charge in [-0.2, -0.15) is 0 Å². The van der Waals surface area contributed by atoms with Gasteiger partial charge < -0.3 is 0 Å². The molecular formula is C14H14N+. The topological polar surface area (TPSA) is 3.88 Å². The van der Waals surface area contributed by atoms with Crippen molar-refractivity contribution in [3.05, 3.63) is 72.6 Å². The Kier molecular flexibility index (Phi) is 2.93. The zero-order chi connectivity index (χ0) is 10.5. The first kappa shape index (κ1) is 9.66. The van der Waals surface area contributed by atoms with Gasteiger partial charge in [-0.05, 0) is 5.56 Å². The molecule has 74 valence electrons. The Morgan fingerprint density at radius 2 is 1.67 bits per heavy atom. The van der Waals surface area contributed by atoms with Crippen molar-refractivity contribution >= 4 is 6.08 Å². The van der Waals surface area contributed by atoms with Crippen LogP contribution in [0, 0.1) is 0 Å². The molecule has 2 rings (SSSR count). The molecule has 1 heteroatoms. The molecule has 1 heterocycles. The molecule has 0 aliphatic heterocycles. The van der Waals surface area contributed by atoms with Gasteiger partial charge in [-0.15, -0.1) is 0 Å². The first-order chi connectivity index (χ1) is 7.38. The van der Waals surface area contributed by atoms with E-state index in [1.165, 1.54) is 5.56 Å². The first-order valence-electron chi connectivity index (χ1n) is 5.04. The Morgan fingerprint density at radius 1 is 1.00 bits per heavy atom. The van der Waals surface area contributed by atoms with Gasteiger partial charge in [0.1, 0.15) is 0 Å². The lowest BCUT2D eigenvalue weighted by Gasteiger charge is -1.97. The molecule has 0 bridgehead atoms. The van der Waals surface area contributed by atoms with Crippen molar-refractivity contribution in [2.75, 3.05) is 0 Å². The Balaban J connectivity index is 2.15. The maximum atomic E-state index is 3.74. The van der Waals surface area contributed by atoms with Crippen molar-refractivity contribution in [3.63, 3.8) is 0 Å². The molecule has 0 radical (unpaired) electrons. The van der Waals surface area contributed by atoms with E-state index < -0.39 is 0 Å². The van der Waals surface area contributed by atoms with E-state index in [1.54, 1.807) is 0 Å². The van der Waals surface area contributed by atoms with Crippen LogP contribution in [0.3, 0.4) is 0 Å². The number of hydrogen-bond acceptors (Lipinski definition) is 0. The standard InChI is InChI=1S/C14H14N/c1-2-13-8-10-15(11-9-13)12-14-6-4-3-5-7-14/h2-11H,1,12H2/q+1. The van der Waals surface area contributed by atoms with Crippen molar-refractivity contribution in [1.82, 2.24) is 0 Å². The normalized spacial score (nSPS) is 9.87. The summed E-state index contributed by atoms with van der Waals surface area (Å²) >= 11 is 0. The fourth-order valence-corrected chi connectivity index (χ4v) is 1.50. The zero-order valence-corrected chi connectivity index (χ0v) is 8.63. The van der Waals surface area contributed by atoms with E-state index in [4.69, 9.17) is 0 Å². The number of rotatable bonds is 3. The molecule has 1 aromatic carbocycles. The summed E-state index contributed by atoms with van der Waals surface area (Å²) in [7, 11) is 0.